The summed E-state index contributed by atoms with van der Waals surface area (Å²) in [5.74, 6) is -0.195. The lowest BCUT2D eigenvalue weighted by Gasteiger charge is -2.15. The van der Waals surface area contributed by atoms with E-state index in [2.05, 4.69) is 22.8 Å². The molecule has 148 valence electrons. The van der Waals surface area contributed by atoms with Crippen molar-refractivity contribution in [1.82, 2.24) is 5.32 Å². The van der Waals surface area contributed by atoms with Crippen molar-refractivity contribution < 1.29 is 9.59 Å². The van der Waals surface area contributed by atoms with Crippen LogP contribution in [0, 0.1) is 0 Å². The number of hydrogen-bond acceptors (Lipinski definition) is 3. The second kappa shape index (κ2) is 9.40. The fraction of sp³-hybridized carbons (Fsp3) is 0.391. The third kappa shape index (κ3) is 5.35. The summed E-state index contributed by atoms with van der Waals surface area (Å²) in [6.07, 6.45) is 5.44. The Morgan fingerprint density at radius 1 is 1.00 bits per heavy atom. The van der Waals surface area contributed by atoms with Crippen LogP contribution in [0.15, 0.2) is 48.5 Å². The van der Waals surface area contributed by atoms with Gasteiger partial charge in [0, 0.05) is 32.2 Å². The summed E-state index contributed by atoms with van der Waals surface area (Å²) in [5, 5.41) is 5.99. The van der Waals surface area contributed by atoms with Gasteiger partial charge in [-0.25, -0.2) is 0 Å². The first-order valence-electron chi connectivity index (χ1n) is 9.99. The lowest BCUT2D eigenvalue weighted by atomic mass is 10.1. The van der Waals surface area contributed by atoms with Gasteiger partial charge >= 0.3 is 0 Å². The molecule has 5 heteroatoms. The minimum atomic E-state index is -0.109. The number of nitrogens with one attached hydrogen (secondary N) is 2. The van der Waals surface area contributed by atoms with Crippen molar-refractivity contribution in [3.63, 3.8) is 0 Å². The van der Waals surface area contributed by atoms with E-state index in [1.54, 1.807) is 12.1 Å². The van der Waals surface area contributed by atoms with Crippen molar-refractivity contribution in [3.05, 3.63) is 59.7 Å². The minimum Gasteiger partial charge on any atom is -0.378 e. The van der Waals surface area contributed by atoms with Gasteiger partial charge in [0.15, 0.2) is 0 Å². The molecular weight excluding hydrogens is 350 g/mol. The molecule has 0 spiro atoms. The maximum Gasteiger partial charge on any atom is 0.253 e. The molecule has 0 radical (unpaired) electrons. The maximum absolute atomic E-state index is 12.6. The van der Waals surface area contributed by atoms with Crippen molar-refractivity contribution in [3.8, 4) is 0 Å². The topological polar surface area (TPSA) is 61.4 Å². The van der Waals surface area contributed by atoms with Crippen LogP contribution in [0.5, 0.6) is 0 Å². The predicted molar refractivity (Wildman–Crippen MR) is 114 cm³/mol. The Balaban J connectivity index is 1.57. The fourth-order valence-electron chi connectivity index (χ4n) is 3.55. The van der Waals surface area contributed by atoms with Crippen LogP contribution in [0.3, 0.4) is 0 Å². The van der Waals surface area contributed by atoms with Crippen molar-refractivity contribution in [2.75, 3.05) is 24.3 Å². The first-order chi connectivity index (χ1) is 13.5. The molecule has 2 N–H and O–H groups in total. The zero-order valence-electron chi connectivity index (χ0n) is 16.7. The molecule has 0 saturated heterocycles. The van der Waals surface area contributed by atoms with E-state index in [1.807, 2.05) is 43.3 Å². The van der Waals surface area contributed by atoms with E-state index < -0.39 is 0 Å². The molecule has 0 bridgehead atoms. The quantitative estimate of drug-likeness (QED) is 0.764. The van der Waals surface area contributed by atoms with Gasteiger partial charge in [0.1, 0.15) is 0 Å². The molecule has 2 aromatic carbocycles. The van der Waals surface area contributed by atoms with Gasteiger partial charge in [0.2, 0.25) is 5.91 Å². The molecule has 5 nitrogen and oxygen atoms in total. The normalized spacial score (nSPS) is 13.9. The van der Waals surface area contributed by atoms with Gasteiger partial charge in [-0.2, -0.15) is 0 Å². The first kappa shape index (κ1) is 19.9. The molecular formula is C23H29N3O2. The zero-order chi connectivity index (χ0) is 19.9. The van der Waals surface area contributed by atoms with Crippen LogP contribution in [0.25, 0.3) is 0 Å². The fourth-order valence-corrected chi connectivity index (χ4v) is 3.55. The highest BCUT2D eigenvalue weighted by atomic mass is 16.2. The third-order valence-electron chi connectivity index (χ3n) is 5.23. The number of para-hydroxylation sites is 1. The first-order valence-corrected chi connectivity index (χ1v) is 9.99. The number of carbonyl (C=O) groups is 2. The molecule has 0 aromatic heterocycles. The van der Waals surface area contributed by atoms with E-state index in [4.69, 9.17) is 0 Å². The van der Waals surface area contributed by atoms with Gasteiger partial charge in [-0.15, -0.1) is 0 Å². The summed E-state index contributed by atoms with van der Waals surface area (Å²) in [6.45, 7) is 0. The summed E-state index contributed by atoms with van der Waals surface area (Å²) in [4.78, 5) is 27.1. The Labute approximate surface area is 167 Å². The molecule has 3 rings (SSSR count). The van der Waals surface area contributed by atoms with Crippen molar-refractivity contribution in [2.45, 2.75) is 44.6 Å². The Hall–Kier alpha value is -2.82. The summed E-state index contributed by atoms with van der Waals surface area (Å²) < 4.78 is 0. The molecule has 1 fully saturated rings. The maximum atomic E-state index is 12.6. The Kier molecular flexibility index (Phi) is 6.69. The molecule has 1 aliphatic rings. The van der Waals surface area contributed by atoms with Crippen molar-refractivity contribution >= 4 is 23.2 Å². The second-order valence-corrected chi connectivity index (χ2v) is 7.61. The number of nitrogens with zero attached hydrogens (tertiary/aromatic N) is 1. The van der Waals surface area contributed by atoms with Crippen LogP contribution in [-0.2, 0) is 11.2 Å². The molecule has 2 amide bonds. The molecule has 1 saturated carbocycles. The van der Waals surface area contributed by atoms with Crippen LogP contribution in [0.4, 0.5) is 11.4 Å². The predicted octanol–water partition coefficient (Wildman–Crippen LogP) is 4.00. The number of hydrogen-bond donors (Lipinski definition) is 2. The monoisotopic (exact) mass is 379 g/mol. The summed E-state index contributed by atoms with van der Waals surface area (Å²) >= 11 is 0. The van der Waals surface area contributed by atoms with Crippen LogP contribution in [-0.4, -0.2) is 32.0 Å². The van der Waals surface area contributed by atoms with Crippen molar-refractivity contribution in [2.24, 2.45) is 0 Å². The van der Waals surface area contributed by atoms with Gasteiger partial charge in [0.05, 0.1) is 11.3 Å². The highest BCUT2D eigenvalue weighted by Crippen LogP contribution is 2.21. The van der Waals surface area contributed by atoms with Crippen LogP contribution < -0.4 is 15.5 Å². The smallest absolute Gasteiger partial charge is 0.253 e. The Morgan fingerprint density at radius 3 is 2.36 bits per heavy atom. The van der Waals surface area contributed by atoms with E-state index in [-0.39, 0.29) is 17.9 Å². The van der Waals surface area contributed by atoms with E-state index in [1.165, 1.54) is 12.8 Å². The summed E-state index contributed by atoms with van der Waals surface area (Å²) in [6, 6.07) is 15.7. The van der Waals surface area contributed by atoms with Gasteiger partial charge in [0.25, 0.3) is 5.91 Å². The zero-order valence-corrected chi connectivity index (χ0v) is 16.7. The molecule has 28 heavy (non-hydrogen) atoms. The van der Waals surface area contributed by atoms with Crippen LogP contribution in [0.1, 0.15) is 48.0 Å². The SMILES string of the molecule is CN(C)c1ccc(CCC(=O)Nc2ccccc2C(=O)NC2CCCC2)cc1. The van der Waals surface area contributed by atoms with E-state index in [0.29, 0.717) is 24.1 Å². The standard InChI is InChI=1S/C23H29N3O2/c1-26(2)19-14-11-17(12-15-19)13-16-22(27)25-21-10-6-5-9-20(21)23(28)24-18-7-3-4-8-18/h5-6,9-12,14-15,18H,3-4,7-8,13,16H2,1-2H3,(H,24,28)(H,25,27). The number of carbonyl (C=O) groups excluding carboxylic acids is 2. The molecule has 2 aromatic rings. The van der Waals surface area contributed by atoms with Crippen molar-refractivity contribution in [1.29, 1.82) is 0 Å². The van der Waals surface area contributed by atoms with E-state index >= 15 is 0 Å². The highest BCUT2D eigenvalue weighted by molar-refractivity contribution is 6.03. The Morgan fingerprint density at radius 2 is 1.68 bits per heavy atom. The Bertz CT molecular complexity index is 809. The number of aryl methyl sites for hydroxylation is 1. The van der Waals surface area contributed by atoms with Gasteiger partial charge in [-0.3, -0.25) is 9.59 Å². The number of amides is 2. The minimum absolute atomic E-state index is 0.0854. The van der Waals surface area contributed by atoms with Gasteiger partial charge in [-0.05, 0) is 49.1 Å². The largest absolute Gasteiger partial charge is 0.378 e. The third-order valence-corrected chi connectivity index (χ3v) is 5.23. The second-order valence-electron chi connectivity index (χ2n) is 7.61. The molecule has 0 atom stereocenters. The average Bonchev–Trinajstić information content (AvgIpc) is 3.20. The number of rotatable bonds is 7. The molecule has 0 aliphatic heterocycles. The lowest BCUT2D eigenvalue weighted by molar-refractivity contribution is -0.116. The van der Waals surface area contributed by atoms with E-state index in [9.17, 15) is 9.59 Å². The van der Waals surface area contributed by atoms with Crippen LogP contribution >= 0.6 is 0 Å². The van der Waals surface area contributed by atoms with E-state index in [0.717, 1.165) is 24.1 Å². The summed E-state index contributed by atoms with van der Waals surface area (Å²) in [5.41, 5.74) is 3.35. The molecule has 0 unspecified atom stereocenters. The van der Waals surface area contributed by atoms with Gasteiger partial charge < -0.3 is 15.5 Å². The lowest BCUT2D eigenvalue weighted by Crippen LogP contribution is -2.33. The summed E-state index contributed by atoms with van der Waals surface area (Å²) in [7, 11) is 4.01. The van der Waals surface area contributed by atoms with Crippen LogP contribution in [0.2, 0.25) is 0 Å². The van der Waals surface area contributed by atoms with Gasteiger partial charge in [-0.1, -0.05) is 37.1 Å². The average molecular weight is 380 g/mol. The number of benzene rings is 2. The number of anilines is 2. The highest BCUT2D eigenvalue weighted by Gasteiger charge is 2.20. The molecule has 0 heterocycles. The molecule has 1 aliphatic carbocycles.